The van der Waals surface area contributed by atoms with Gasteiger partial charge in [0.05, 0.1) is 6.42 Å². The Morgan fingerprint density at radius 2 is 1.86 bits per heavy atom. The highest BCUT2D eigenvalue weighted by Gasteiger charge is 2.29. The predicted octanol–water partition coefficient (Wildman–Crippen LogP) is 0.641. The van der Waals surface area contributed by atoms with Crippen molar-refractivity contribution < 1.29 is 14.7 Å². The summed E-state index contributed by atoms with van der Waals surface area (Å²) in [6, 6.07) is 0. The number of hydrogen-bond donors (Lipinski definition) is 2. The Balaban J connectivity index is 3.08. The van der Waals surface area contributed by atoms with Gasteiger partial charge >= 0.3 is 11.7 Å². The Morgan fingerprint density at radius 1 is 1.29 bits per heavy atom. The first-order valence-electron chi connectivity index (χ1n) is 6.61. The van der Waals surface area contributed by atoms with Crippen LogP contribution in [0.2, 0.25) is 0 Å². The van der Waals surface area contributed by atoms with Gasteiger partial charge in [0.2, 0.25) is 5.91 Å². The highest BCUT2D eigenvalue weighted by molar-refractivity contribution is 5.84. The van der Waals surface area contributed by atoms with Crippen molar-refractivity contribution in [1.82, 2.24) is 14.9 Å². The molecule has 1 heterocycles. The maximum absolute atomic E-state index is 12.4. The van der Waals surface area contributed by atoms with Crippen molar-refractivity contribution in [1.29, 1.82) is 0 Å². The Bertz CT molecular complexity index is 587. The molecule has 116 valence electrons. The summed E-state index contributed by atoms with van der Waals surface area (Å²) in [5, 5.41) is 8.95. The molecule has 1 rings (SSSR count). The highest BCUT2D eigenvalue weighted by Crippen LogP contribution is 2.17. The Labute approximate surface area is 123 Å². The third-order valence-corrected chi connectivity index (χ3v) is 3.19. The molecule has 0 aliphatic carbocycles. The van der Waals surface area contributed by atoms with Gasteiger partial charge in [0, 0.05) is 22.5 Å². The van der Waals surface area contributed by atoms with Crippen molar-refractivity contribution in [3.05, 3.63) is 27.4 Å². The minimum Gasteiger partial charge on any atom is -0.480 e. The number of carboxylic acid groups (broad SMARTS) is 1. The number of nitrogens with one attached hydrogen (secondary N) is 1. The van der Waals surface area contributed by atoms with Gasteiger partial charge in [0.25, 0.3) is 0 Å². The number of aryl methyl sites for hydroxylation is 2. The first-order chi connectivity index (χ1) is 9.52. The number of aliphatic carboxylic acids is 1. The van der Waals surface area contributed by atoms with Crippen LogP contribution in [-0.2, 0) is 16.0 Å². The van der Waals surface area contributed by atoms with Crippen molar-refractivity contribution in [2.24, 2.45) is 0 Å². The van der Waals surface area contributed by atoms with E-state index in [2.05, 4.69) is 9.97 Å². The van der Waals surface area contributed by atoms with Gasteiger partial charge in [0.1, 0.15) is 6.54 Å². The molecule has 0 aliphatic heterocycles. The molecule has 7 heteroatoms. The molecule has 0 unspecified atom stereocenters. The van der Waals surface area contributed by atoms with Crippen LogP contribution in [0.3, 0.4) is 0 Å². The fraction of sp³-hybridized carbons (Fsp3) is 0.571. The van der Waals surface area contributed by atoms with Crippen molar-refractivity contribution >= 4 is 11.9 Å². The van der Waals surface area contributed by atoms with E-state index in [0.29, 0.717) is 17.0 Å². The van der Waals surface area contributed by atoms with Crippen LogP contribution in [0.25, 0.3) is 0 Å². The molecule has 1 aromatic rings. The van der Waals surface area contributed by atoms with E-state index in [-0.39, 0.29) is 18.9 Å². The third-order valence-electron chi connectivity index (χ3n) is 3.19. The molecule has 1 amide bonds. The molecule has 0 aromatic carbocycles. The highest BCUT2D eigenvalue weighted by atomic mass is 16.4. The van der Waals surface area contributed by atoms with Gasteiger partial charge in [-0.15, -0.1) is 0 Å². The number of nitrogens with zero attached hydrogens (tertiary/aromatic N) is 2. The Kier molecular flexibility index (Phi) is 4.88. The number of H-pyrrole nitrogens is 1. The molecule has 7 nitrogen and oxygen atoms in total. The van der Waals surface area contributed by atoms with Gasteiger partial charge in [-0.05, 0) is 34.6 Å². The van der Waals surface area contributed by atoms with Crippen LogP contribution in [0.5, 0.6) is 0 Å². The van der Waals surface area contributed by atoms with Crippen LogP contribution in [0.15, 0.2) is 4.79 Å². The molecule has 0 aliphatic rings. The van der Waals surface area contributed by atoms with Crippen molar-refractivity contribution in [3.63, 3.8) is 0 Å². The maximum atomic E-state index is 12.4. The van der Waals surface area contributed by atoms with Gasteiger partial charge < -0.3 is 15.0 Å². The standard InChI is InChI=1S/C14H21N3O4/c1-8-10(9(2)16-13(21)15-8)6-11(18)17(7-12(19)20)14(3,4)5/h6-7H2,1-5H3,(H,19,20)(H,15,16,21). The molecule has 0 bridgehead atoms. The SMILES string of the molecule is Cc1nc(=O)[nH]c(C)c1CC(=O)N(CC(=O)O)C(C)(C)C. The van der Waals surface area contributed by atoms with E-state index in [0.717, 1.165) is 0 Å². The number of carbonyl (C=O) groups excluding carboxylic acids is 1. The fourth-order valence-electron chi connectivity index (χ4n) is 2.10. The van der Waals surface area contributed by atoms with E-state index >= 15 is 0 Å². The largest absolute Gasteiger partial charge is 0.480 e. The average Bonchev–Trinajstić information content (AvgIpc) is 2.28. The van der Waals surface area contributed by atoms with E-state index in [1.807, 2.05) is 0 Å². The summed E-state index contributed by atoms with van der Waals surface area (Å²) in [5.41, 5.74) is 0.616. The van der Waals surface area contributed by atoms with Crippen molar-refractivity contribution in [2.75, 3.05) is 6.54 Å². The number of hydrogen-bond acceptors (Lipinski definition) is 4. The normalized spacial score (nSPS) is 11.3. The van der Waals surface area contributed by atoms with Gasteiger partial charge in [0.15, 0.2) is 0 Å². The number of carbonyl (C=O) groups is 2. The van der Waals surface area contributed by atoms with Crippen LogP contribution in [0.4, 0.5) is 0 Å². The Morgan fingerprint density at radius 3 is 2.29 bits per heavy atom. The first-order valence-corrected chi connectivity index (χ1v) is 6.61. The monoisotopic (exact) mass is 295 g/mol. The second kappa shape index (κ2) is 6.07. The topological polar surface area (TPSA) is 103 Å². The predicted molar refractivity (Wildman–Crippen MR) is 77.1 cm³/mol. The van der Waals surface area contributed by atoms with Crippen LogP contribution < -0.4 is 5.69 Å². The molecule has 0 atom stereocenters. The zero-order valence-electron chi connectivity index (χ0n) is 13.0. The summed E-state index contributed by atoms with van der Waals surface area (Å²) >= 11 is 0. The lowest BCUT2D eigenvalue weighted by Crippen LogP contribution is -2.49. The molecule has 21 heavy (non-hydrogen) atoms. The zero-order valence-corrected chi connectivity index (χ0v) is 13.0. The van der Waals surface area contributed by atoms with E-state index in [1.54, 1.807) is 34.6 Å². The molecule has 1 aromatic heterocycles. The van der Waals surface area contributed by atoms with E-state index in [9.17, 15) is 14.4 Å². The summed E-state index contributed by atoms with van der Waals surface area (Å²) in [5.74, 6) is -1.38. The molecular formula is C14H21N3O4. The van der Waals surface area contributed by atoms with Gasteiger partial charge in [-0.25, -0.2) is 4.79 Å². The summed E-state index contributed by atoms with van der Waals surface area (Å²) in [4.78, 5) is 42.2. The van der Waals surface area contributed by atoms with E-state index in [4.69, 9.17) is 5.11 Å². The lowest BCUT2D eigenvalue weighted by molar-refractivity contribution is -0.147. The van der Waals surface area contributed by atoms with Crippen LogP contribution in [0, 0.1) is 13.8 Å². The van der Waals surface area contributed by atoms with Crippen LogP contribution >= 0.6 is 0 Å². The lowest BCUT2D eigenvalue weighted by atomic mass is 10.0. The van der Waals surface area contributed by atoms with Gasteiger partial charge in [-0.3, -0.25) is 9.59 Å². The molecule has 0 spiro atoms. The van der Waals surface area contributed by atoms with Crippen molar-refractivity contribution in [3.8, 4) is 0 Å². The fourth-order valence-corrected chi connectivity index (χ4v) is 2.10. The molecule has 0 radical (unpaired) electrons. The smallest absolute Gasteiger partial charge is 0.345 e. The summed E-state index contributed by atoms with van der Waals surface area (Å²) in [6.07, 6.45) is 0.00595. The molecule has 2 N–H and O–H groups in total. The summed E-state index contributed by atoms with van der Waals surface area (Å²) < 4.78 is 0. The minimum absolute atomic E-state index is 0.00595. The summed E-state index contributed by atoms with van der Waals surface area (Å²) in [7, 11) is 0. The lowest BCUT2D eigenvalue weighted by Gasteiger charge is -2.34. The third kappa shape index (κ3) is 4.40. The second-order valence-corrected chi connectivity index (χ2v) is 5.95. The molecule has 0 saturated carbocycles. The van der Waals surface area contributed by atoms with Gasteiger partial charge in [-0.1, -0.05) is 0 Å². The number of amides is 1. The van der Waals surface area contributed by atoms with Crippen molar-refractivity contribution in [2.45, 2.75) is 46.6 Å². The second-order valence-electron chi connectivity index (χ2n) is 5.95. The quantitative estimate of drug-likeness (QED) is 0.848. The van der Waals surface area contributed by atoms with Gasteiger partial charge in [-0.2, -0.15) is 4.98 Å². The zero-order chi connectivity index (χ0) is 16.4. The first kappa shape index (κ1) is 16.9. The molecular weight excluding hydrogens is 274 g/mol. The maximum Gasteiger partial charge on any atom is 0.345 e. The number of carboxylic acids is 1. The van der Waals surface area contributed by atoms with Crippen LogP contribution in [-0.4, -0.2) is 43.9 Å². The number of rotatable bonds is 4. The van der Waals surface area contributed by atoms with E-state index in [1.165, 1.54) is 4.90 Å². The number of aromatic amines is 1. The molecule has 0 saturated heterocycles. The Hall–Kier alpha value is -2.18. The number of aromatic nitrogens is 2. The average molecular weight is 295 g/mol. The van der Waals surface area contributed by atoms with E-state index < -0.39 is 17.2 Å². The summed E-state index contributed by atoms with van der Waals surface area (Å²) in [6.45, 7) is 8.31. The molecule has 0 fully saturated rings. The van der Waals surface area contributed by atoms with Crippen LogP contribution in [0.1, 0.15) is 37.7 Å². The minimum atomic E-state index is -1.06.